The van der Waals surface area contributed by atoms with E-state index >= 15 is 0 Å². The van der Waals surface area contributed by atoms with Gasteiger partial charge in [0.15, 0.2) is 22.9 Å². The number of aliphatic hydroxyl groups is 2. The summed E-state index contributed by atoms with van der Waals surface area (Å²) in [5.41, 5.74) is 7.14. The summed E-state index contributed by atoms with van der Waals surface area (Å²) in [6, 6.07) is 8.21. The highest BCUT2D eigenvalue weighted by molar-refractivity contribution is 7.71. The van der Waals surface area contributed by atoms with E-state index in [9.17, 15) is 58.3 Å². The Morgan fingerprint density at radius 3 is 2.42 bits per heavy atom. The monoisotopic (exact) mass is 985 g/mol. The molecule has 1 saturated heterocycles. The Morgan fingerprint density at radius 1 is 0.969 bits per heavy atom. The number of phosphoric ester groups is 1. The number of aromatic hydroxyl groups is 1. The van der Waals surface area contributed by atoms with Gasteiger partial charge >= 0.3 is 35.5 Å². The molecular formula is C34H34N7O20P3S. The van der Waals surface area contributed by atoms with Gasteiger partial charge in [-0.15, -0.1) is 0 Å². The Labute approximate surface area is 367 Å². The summed E-state index contributed by atoms with van der Waals surface area (Å²) < 4.78 is 65.4. The van der Waals surface area contributed by atoms with E-state index in [1.807, 2.05) is 0 Å². The molecule has 2 aromatic carbocycles. The zero-order valence-electron chi connectivity index (χ0n) is 32.4. The number of anilines is 1. The van der Waals surface area contributed by atoms with Gasteiger partial charge in [0.05, 0.1) is 18.5 Å². The molecule has 3 unspecified atom stereocenters. The molecule has 65 heavy (non-hydrogen) atoms. The van der Waals surface area contributed by atoms with E-state index in [4.69, 9.17) is 41.9 Å². The minimum Gasteiger partial charge on any atom is -0.508 e. The van der Waals surface area contributed by atoms with Crippen LogP contribution in [0.3, 0.4) is 0 Å². The molecule has 4 heterocycles. The lowest BCUT2D eigenvalue weighted by Gasteiger charge is -2.31. The summed E-state index contributed by atoms with van der Waals surface area (Å²) in [4.78, 5) is 86.6. The van der Waals surface area contributed by atoms with Crippen molar-refractivity contribution in [2.75, 3.05) is 25.4 Å². The molecule has 2 aromatic heterocycles. The second-order valence-electron chi connectivity index (χ2n) is 13.8. The van der Waals surface area contributed by atoms with Crippen molar-refractivity contribution in [3.63, 3.8) is 0 Å². The lowest BCUT2D eigenvalue weighted by atomic mass is 9.83. The number of imidazole rings is 1. The number of rotatable bonds is 15. The first kappa shape index (κ1) is 47.1. The Kier molecular flexibility index (Phi) is 13.2. The molecule has 27 nitrogen and oxygen atoms in total. The first-order valence-corrected chi connectivity index (χ1v) is 23.2. The van der Waals surface area contributed by atoms with Crippen molar-refractivity contribution in [3.8, 4) is 11.5 Å². The van der Waals surface area contributed by atoms with Gasteiger partial charge < -0.3 is 75.6 Å². The fourth-order valence-corrected chi connectivity index (χ4v) is 10.1. The second kappa shape index (κ2) is 18.2. The van der Waals surface area contributed by atoms with Gasteiger partial charge in [-0.3, -0.25) is 13.9 Å². The molecule has 0 spiro atoms. The number of carbonyl (C=O) groups excluding carboxylic acids is 2. The molecule has 2 amide bonds. The van der Waals surface area contributed by atoms with Crippen molar-refractivity contribution in [3.05, 3.63) is 99.2 Å². The van der Waals surface area contributed by atoms with E-state index in [-0.39, 0.29) is 68.8 Å². The molecule has 1 aliphatic carbocycles. The number of nitrogen functional groups attached to an aromatic ring is 1. The number of aromatic nitrogens is 4. The van der Waals surface area contributed by atoms with Gasteiger partial charge in [-0.1, -0.05) is 24.4 Å². The van der Waals surface area contributed by atoms with Crippen LogP contribution >= 0.6 is 35.7 Å². The van der Waals surface area contributed by atoms with Crippen LogP contribution in [0.2, 0.25) is 0 Å². The number of aromatic amines is 1. The molecule has 4 aromatic rings. The topological polar surface area (TPSA) is 416 Å². The normalized spacial score (nSPS) is 22.2. The Morgan fingerprint density at radius 2 is 1.69 bits per heavy atom. The maximum Gasteiger partial charge on any atom is 0.490 e. The number of H-pyrrole nitrogens is 1. The van der Waals surface area contributed by atoms with Gasteiger partial charge in [0, 0.05) is 47.5 Å². The van der Waals surface area contributed by atoms with Crippen LogP contribution in [0, 0.1) is 4.64 Å². The number of fused-ring (bicyclic) bond motifs is 3. The Balaban J connectivity index is 1.03. The molecule has 0 radical (unpaired) electrons. The maximum absolute atomic E-state index is 13.2. The SMILES string of the molecule is Nc1nc(=S)c2ncn([C@@H]3O[C@H](COP(=O)(O)OP(=O)(O)OP(=O)(O)O)[C@@H](O)[C@H]3OC(=O)NCCNC(=O)c3ccc(C4=C5C=CC(O)=CC5Oc5cc(O)ccc54)c(C(=O)O)c3)c2[nH]1. The van der Waals surface area contributed by atoms with Crippen LogP contribution in [-0.4, -0.2) is 122 Å². The summed E-state index contributed by atoms with van der Waals surface area (Å²) in [7, 11) is -17.3. The van der Waals surface area contributed by atoms with Crippen molar-refractivity contribution in [2.24, 2.45) is 0 Å². The number of nitrogens with one attached hydrogen (secondary N) is 3. The Hall–Kier alpha value is -5.83. The number of nitrogens with two attached hydrogens (primary N) is 1. The molecule has 2 aliphatic heterocycles. The van der Waals surface area contributed by atoms with Crippen LogP contribution in [0.4, 0.5) is 10.7 Å². The Bertz CT molecular complexity index is 2920. The number of hydrogen-bond acceptors (Lipinski definition) is 19. The van der Waals surface area contributed by atoms with Crippen LogP contribution in [0.5, 0.6) is 11.5 Å². The van der Waals surface area contributed by atoms with E-state index in [2.05, 4.69) is 38.7 Å². The maximum atomic E-state index is 13.2. The number of aromatic carboxylic acids is 1. The van der Waals surface area contributed by atoms with Crippen molar-refractivity contribution in [1.29, 1.82) is 0 Å². The van der Waals surface area contributed by atoms with Crippen molar-refractivity contribution >= 4 is 76.3 Å². The molecule has 31 heteroatoms. The van der Waals surface area contributed by atoms with E-state index < -0.39 is 78.7 Å². The van der Waals surface area contributed by atoms with Gasteiger partial charge in [0.25, 0.3) is 5.91 Å². The number of carboxylic acids is 1. The van der Waals surface area contributed by atoms with Gasteiger partial charge in [-0.2, -0.15) is 8.62 Å². The number of carbonyl (C=O) groups is 3. The molecule has 7 rings (SSSR count). The number of allylic oxidation sites excluding steroid dienone is 1. The third-order valence-electron chi connectivity index (χ3n) is 9.41. The largest absolute Gasteiger partial charge is 0.508 e. The van der Waals surface area contributed by atoms with Gasteiger partial charge in [0.2, 0.25) is 0 Å². The van der Waals surface area contributed by atoms with Crippen LogP contribution in [0.1, 0.15) is 38.1 Å². The average Bonchev–Trinajstić information content (AvgIpc) is 3.75. The van der Waals surface area contributed by atoms with E-state index in [0.29, 0.717) is 16.7 Å². The number of amides is 2. The fraction of sp³-hybridized carbons (Fsp3) is 0.235. The van der Waals surface area contributed by atoms with Gasteiger partial charge in [0.1, 0.15) is 46.7 Å². The van der Waals surface area contributed by atoms with Crippen LogP contribution in [-0.2, 0) is 36.3 Å². The van der Waals surface area contributed by atoms with E-state index in [0.717, 1.165) is 12.4 Å². The molecule has 13 N–H and O–H groups in total. The summed E-state index contributed by atoms with van der Waals surface area (Å²) >= 11 is 5.18. The number of phenols is 1. The quantitative estimate of drug-likeness (QED) is 0.0461. The molecule has 1 fully saturated rings. The molecule has 7 atom stereocenters. The van der Waals surface area contributed by atoms with E-state index in [1.165, 1.54) is 41.0 Å². The zero-order valence-corrected chi connectivity index (χ0v) is 35.9. The fourth-order valence-electron chi connectivity index (χ4n) is 6.81. The smallest absolute Gasteiger partial charge is 0.490 e. The highest BCUT2D eigenvalue weighted by Gasteiger charge is 2.50. The van der Waals surface area contributed by atoms with Crippen molar-refractivity contribution < 1.29 is 95.4 Å². The van der Waals surface area contributed by atoms with E-state index in [1.54, 1.807) is 12.1 Å². The van der Waals surface area contributed by atoms with Crippen LogP contribution in [0.25, 0.3) is 16.7 Å². The summed E-state index contributed by atoms with van der Waals surface area (Å²) in [6.45, 7) is -1.71. The lowest BCUT2D eigenvalue weighted by molar-refractivity contribution is -0.0522. The first-order chi connectivity index (χ1) is 30.5. The first-order valence-electron chi connectivity index (χ1n) is 18.3. The van der Waals surface area contributed by atoms with Crippen molar-refractivity contribution in [1.82, 2.24) is 30.2 Å². The number of phosphoric acid groups is 3. The standard InChI is InChI=1S/C34H34N7O20P3S/c35-33-39-28-25(30(65)40-33)38-13-41(28)31-27(26(44)23(58-31)12-56-63(52,53)61-64(54,55)60-62(49,50)51)59-34(48)37-8-7-36-29(45)14-1-4-17(20(9-14)32(46)47)24-18-5-2-15(42)10-21(18)57-22-11-16(43)3-6-19(22)24/h1-6,9-11,13,21,23,26-27,31,42-44H,7-8,12H2,(H,36,45)(H,37,48)(H,46,47)(H,52,53)(H,54,55)(H2,49,50,51)(H3,35,39,40,65)/t21?,23-,26-,27-,31-/m1/s1. The number of carboxylic acid groups (broad SMARTS) is 1. The van der Waals surface area contributed by atoms with Crippen LogP contribution < -0.4 is 21.1 Å². The number of phenolic OH excluding ortho intramolecular Hbond substituents is 1. The lowest BCUT2D eigenvalue weighted by Crippen LogP contribution is -2.41. The molecule has 0 saturated carbocycles. The van der Waals surface area contributed by atoms with Gasteiger partial charge in [-0.25, -0.2) is 33.3 Å². The number of nitrogens with zero attached hydrogens (tertiary/aromatic N) is 3. The number of hydrogen-bond donors (Lipinski definition) is 12. The number of aliphatic hydroxyl groups excluding tert-OH is 2. The minimum absolute atomic E-state index is 0.0479. The highest BCUT2D eigenvalue weighted by Crippen LogP contribution is 2.66. The summed E-state index contributed by atoms with van der Waals surface area (Å²) in [6.07, 6.45) is -3.43. The zero-order chi connectivity index (χ0) is 47.2. The summed E-state index contributed by atoms with van der Waals surface area (Å²) in [5, 5.41) is 46.5. The third-order valence-corrected chi connectivity index (χ3v) is 13.5. The highest BCUT2D eigenvalue weighted by atomic mass is 32.1. The second-order valence-corrected chi connectivity index (χ2v) is 18.6. The molecule has 3 aliphatic rings. The number of alkyl carbamates (subject to hydrolysis) is 1. The third kappa shape index (κ3) is 10.7. The summed E-state index contributed by atoms with van der Waals surface area (Å²) in [5.74, 6) is -2.30. The average molecular weight is 986 g/mol. The van der Waals surface area contributed by atoms with Crippen LogP contribution in [0.15, 0.2) is 72.3 Å². The number of benzene rings is 2. The minimum atomic E-state index is -5.90. The molecule has 346 valence electrons. The van der Waals surface area contributed by atoms with Gasteiger partial charge in [-0.05, 0) is 35.9 Å². The molecular weight excluding hydrogens is 951 g/mol. The van der Waals surface area contributed by atoms with Crippen molar-refractivity contribution in [2.45, 2.75) is 30.6 Å². The predicted molar refractivity (Wildman–Crippen MR) is 219 cm³/mol. The predicted octanol–water partition coefficient (Wildman–Crippen LogP) is 2.18. The number of ether oxygens (including phenoxy) is 3. The molecule has 0 bridgehead atoms.